The molecule has 0 aliphatic rings. The van der Waals surface area contributed by atoms with Crippen molar-refractivity contribution in [2.75, 3.05) is 17.1 Å². The molecule has 0 saturated heterocycles. The molecule has 0 bridgehead atoms. The van der Waals surface area contributed by atoms with Crippen molar-refractivity contribution in [3.8, 4) is 11.6 Å². The van der Waals surface area contributed by atoms with Crippen molar-refractivity contribution in [3.63, 3.8) is 0 Å². The lowest BCUT2D eigenvalue weighted by molar-refractivity contribution is 0.341. The van der Waals surface area contributed by atoms with Gasteiger partial charge in [-0.25, -0.2) is 23.4 Å². The molecule has 1 aromatic carbocycles. The lowest BCUT2D eigenvalue weighted by atomic mass is 10.2. The molecular formula is C17H19N5O3S. The van der Waals surface area contributed by atoms with Gasteiger partial charge in [-0.05, 0) is 24.1 Å². The topological polar surface area (TPSA) is 99.0 Å². The van der Waals surface area contributed by atoms with E-state index >= 15 is 0 Å². The maximum Gasteiger partial charge on any atom is 0.237 e. The van der Waals surface area contributed by atoms with E-state index in [1.807, 2.05) is 24.3 Å². The van der Waals surface area contributed by atoms with Gasteiger partial charge in [0.05, 0.1) is 0 Å². The molecule has 136 valence electrons. The molecule has 3 rings (SSSR count). The van der Waals surface area contributed by atoms with E-state index in [0.29, 0.717) is 11.6 Å². The smallest absolute Gasteiger partial charge is 0.237 e. The van der Waals surface area contributed by atoms with Crippen molar-refractivity contribution in [2.24, 2.45) is 0 Å². The highest BCUT2D eigenvalue weighted by molar-refractivity contribution is 7.92. The first-order chi connectivity index (χ1) is 12.6. The van der Waals surface area contributed by atoms with Gasteiger partial charge in [-0.3, -0.25) is 9.29 Å². The van der Waals surface area contributed by atoms with E-state index in [1.54, 1.807) is 23.3 Å². The third-order valence-corrected chi connectivity index (χ3v) is 4.86. The first-order valence-electron chi connectivity index (χ1n) is 8.08. The number of anilines is 1. The van der Waals surface area contributed by atoms with Crippen LogP contribution in [-0.4, -0.2) is 40.3 Å². The number of nitrogens with one attached hydrogen (secondary N) is 1. The summed E-state index contributed by atoms with van der Waals surface area (Å²) in [6, 6.07) is 9.12. The van der Waals surface area contributed by atoms with Crippen LogP contribution in [0.25, 0.3) is 5.82 Å². The summed E-state index contributed by atoms with van der Waals surface area (Å²) in [5.74, 6) is 1.16. The number of hydrogen-bond donors (Lipinski definition) is 1. The Morgan fingerprint density at radius 3 is 2.69 bits per heavy atom. The lowest BCUT2D eigenvalue weighted by Crippen LogP contribution is -2.22. The lowest BCUT2D eigenvalue weighted by Gasteiger charge is -2.10. The van der Waals surface area contributed by atoms with E-state index in [4.69, 9.17) is 4.74 Å². The average Bonchev–Trinajstić information content (AvgIpc) is 3.17. The zero-order valence-corrected chi connectivity index (χ0v) is 15.1. The summed E-state index contributed by atoms with van der Waals surface area (Å²) in [5.41, 5.74) is 1.20. The number of nitrogens with zero attached hydrogens (tertiary/aromatic N) is 4. The Morgan fingerprint density at radius 2 is 2.00 bits per heavy atom. The van der Waals surface area contributed by atoms with Gasteiger partial charge < -0.3 is 4.74 Å². The third-order valence-electron chi connectivity index (χ3n) is 3.63. The predicted octanol–water partition coefficient (Wildman–Crippen LogP) is 2.05. The highest BCUT2D eigenvalue weighted by Crippen LogP contribution is 2.13. The minimum absolute atomic E-state index is 0.0419. The number of aryl methyl sites for hydroxylation is 1. The normalized spacial score (nSPS) is 11.3. The van der Waals surface area contributed by atoms with Crippen LogP contribution < -0.4 is 9.46 Å². The van der Waals surface area contributed by atoms with Gasteiger partial charge in [0.25, 0.3) is 0 Å². The van der Waals surface area contributed by atoms with Gasteiger partial charge in [-0.2, -0.15) is 0 Å². The van der Waals surface area contributed by atoms with Crippen LogP contribution in [0.2, 0.25) is 0 Å². The minimum atomic E-state index is -3.59. The Bertz CT molecular complexity index is 941. The van der Waals surface area contributed by atoms with Crippen LogP contribution in [0.3, 0.4) is 0 Å². The summed E-state index contributed by atoms with van der Waals surface area (Å²) in [6.45, 7) is 2.11. The Labute approximate surface area is 152 Å². The molecule has 0 atom stereocenters. The fraction of sp³-hybridized carbons (Fsp3) is 0.235. The second-order valence-electron chi connectivity index (χ2n) is 5.50. The van der Waals surface area contributed by atoms with E-state index in [0.717, 1.165) is 6.42 Å². The molecule has 0 aliphatic carbocycles. The van der Waals surface area contributed by atoms with Gasteiger partial charge in [0.15, 0.2) is 0 Å². The molecule has 2 aromatic heterocycles. The second-order valence-corrected chi connectivity index (χ2v) is 7.34. The largest absolute Gasteiger partial charge is 0.492 e. The highest BCUT2D eigenvalue weighted by Gasteiger charge is 2.12. The molecule has 9 heteroatoms. The molecule has 0 radical (unpaired) electrons. The molecule has 8 nitrogen and oxygen atoms in total. The zero-order valence-electron chi connectivity index (χ0n) is 14.2. The van der Waals surface area contributed by atoms with Crippen LogP contribution in [0.1, 0.15) is 12.5 Å². The van der Waals surface area contributed by atoms with Crippen molar-refractivity contribution in [3.05, 3.63) is 60.9 Å². The SMILES string of the molecule is CCc1ccc(OCCS(=O)(=O)Nc2cc(-n3ccnc3)ncn2)cc1. The van der Waals surface area contributed by atoms with Gasteiger partial charge >= 0.3 is 0 Å². The Kier molecular flexibility index (Phi) is 5.47. The number of rotatable bonds is 8. The first kappa shape index (κ1) is 17.9. The van der Waals surface area contributed by atoms with Crippen LogP contribution in [0.4, 0.5) is 5.82 Å². The van der Waals surface area contributed by atoms with E-state index in [2.05, 4.69) is 26.6 Å². The Morgan fingerprint density at radius 1 is 1.19 bits per heavy atom. The summed E-state index contributed by atoms with van der Waals surface area (Å²) >= 11 is 0. The monoisotopic (exact) mass is 373 g/mol. The summed E-state index contributed by atoms with van der Waals surface area (Å²) < 4.78 is 34.0. The Hall–Kier alpha value is -2.94. The van der Waals surface area contributed by atoms with Crippen LogP contribution in [0.15, 0.2) is 55.4 Å². The number of hydrogen-bond acceptors (Lipinski definition) is 6. The van der Waals surface area contributed by atoms with E-state index in [-0.39, 0.29) is 18.2 Å². The summed E-state index contributed by atoms with van der Waals surface area (Å²) in [4.78, 5) is 12.0. The van der Waals surface area contributed by atoms with Crippen molar-refractivity contribution in [2.45, 2.75) is 13.3 Å². The molecule has 0 spiro atoms. The molecule has 1 N–H and O–H groups in total. The maximum atomic E-state index is 12.2. The number of ether oxygens (including phenoxy) is 1. The fourth-order valence-electron chi connectivity index (χ4n) is 2.24. The van der Waals surface area contributed by atoms with E-state index in [9.17, 15) is 8.42 Å². The number of benzene rings is 1. The molecular weight excluding hydrogens is 354 g/mol. The minimum Gasteiger partial charge on any atom is -0.492 e. The van der Waals surface area contributed by atoms with Gasteiger partial charge in [0.1, 0.15) is 42.4 Å². The maximum absolute atomic E-state index is 12.2. The molecule has 0 unspecified atom stereocenters. The van der Waals surface area contributed by atoms with E-state index < -0.39 is 10.0 Å². The summed E-state index contributed by atoms with van der Waals surface area (Å²) in [5, 5.41) is 0. The molecule has 2 heterocycles. The zero-order chi connectivity index (χ0) is 18.4. The molecule has 0 fully saturated rings. The molecule has 26 heavy (non-hydrogen) atoms. The second kappa shape index (κ2) is 7.96. The van der Waals surface area contributed by atoms with Gasteiger partial charge in [-0.1, -0.05) is 19.1 Å². The predicted molar refractivity (Wildman–Crippen MR) is 97.9 cm³/mol. The van der Waals surface area contributed by atoms with Gasteiger partial charge in [0, 0.05) is 18.5 Å². The van der Waals surface area contributed by atoms with Crippen molar-refractivity contribution in [1.82, 2.24) is 19.5 Å². The Balaban J connectivity index is 1.57. The molecule has 0 saturated carbocycles. The number of sulfonamides is 1. The first-order valence-corrected chi connectivity index (χ1v) is 9.73. The van der Waals surface area contributed by atoms with Crippen molar-refractivity contribution < 1.29 is 13.2 Å². The van der Waals surface area contributed by atoms with Crippen LogP contribution in [0.5, 0.6) is 5.75 Å². The van der Waals surface area contributed by atoms with Crippen LogP contribution in [0, 0.1) is 0 Å². The van der Waals surface area contributed by atoms with Crippen molar-refractivity contribution in [1.29, 1.82) is 0 Å². The van der Waals surface area contributed by atoms with Crippen LogP contribution in [-0.2, 0) is 16.4 Å². The van der Waals surface area contributed by atoms with Gasteiger partial charge in [0.2, 0.25) is 10.0 Å². The standard InChI is InChI=1S/C17H19N5O3S/c1-2-14-3-5-15(6-4-14)25-9-10-26(23,24)21-16-11-17(20-12-19-16)22-8-7-18-13-22/h3-8,11-13H,2,9-10H2,1H3,(H,19,20,21). The van der Waals surface area contributed by atoms with Crippen molar-refractivity contribution >= 4 is 15.8 Å². The fourth-order valence-corrected chi connectivity index (χ4v) is 3.07. The highest BCUT2D eigenvalue weighted by atomic mass is 32.2. The third kappa shape index (κ3) is 4.79. The van der Waals surface area contributed by atoms with Crippen LogP contribution >= 0.6 is 0 Å². The quantitative estimate of drug-likeness (QED) is 0.649. The number of imidazole rings is 1. The molecule has 3 aromatic rings. The summed E-state index contributed by atoms with van der Waals surface area (Å²) in [7, 11) is -3.59. The molecule has 0 amide bonds. The number of aromatic nitrogens is 4. The summed E-state index contributed by atoms with van der Waals surface area (Å²) in [6.07, 6.45) is 7.12. The van der Waals surface area contributed by atoms with E-state index in [1.165, 1.54) is 18.0 Å². The van der Waals surface area contributed by atoms with Gasteiger partial charge in [-0.15, -0.1) is 0 Å². The average molecular weight is 373 g/mol. The molecule has 0 aliphatic heterocycles.